The minimum atomic E-state index is -2.09. The first-order chi connectivity index (χ1) is 5.91. The number of benzene rings is 1. The summed E-state index contributed by atoms with van der Waals surface area (Å²) in [6.07, 6.45) is 0. The van der Waals surface area contributed by atoms with Crippen LogP contribution in [0.25, 0.3) is 0 Å². The van der Waals surface area contributed by atoms with Gasteiger partial charge in [-0.15, -0.1) is 0 Å². The van der Waals surface area contributed by atoms with E-state index < -0.39 is 16.9 Å². The fourth-order valence-electron chi connectivity index (χ4n) is 0.656. The van der Waals surface area contributed by atoms with Crippen LogP contribution in [0, 0.1) is 5.82 Å². The van der Waals surface area contributed by atoms with Crippen molar-refractivity contribution in [2.24, 2.45) is 0 Å². The van der Waals surface area contributed by atoms with Gasteiger partial charge in [-0.2, -0.15) is 0 Å². The Hall–Kier alpha value is -0.700. The smallest absolute Gasteiger partial charge is 0.173 e. The van der Waals surface area contributed by atoms with Crippen molar-refractivity contribution in [3.63, 3.8) is 0 Å². The summed E-state index contributed by atoms with van der Waals surface area (Å²) in [5, 5.41) is -2.09. The van der Waals surface area contributed by atoms with Gasteiger partial charge >= 0.3 is 0 Å². The van der Waals surface area contributed by atoms with Crippen LogP contribution in [0.5, 0.6) is 0 Å². The molecular weight excluding hydrogens is 211 g/mol. The molecule has 11 heavy (non-hydrogen) atoms. The summed E-state index contributed by atoms with van der Waals surface area (Å²) in [7, 11) is 0. The van der Waals surface area contributed by atoms with Crippen molar-refractivity contribution < 1.29 is 11.9 Å². The first kappa shape index (κ1) is 5.89. The number of carbonyl (C=O) groups excluding carboxylic acids is 1. The number of alkyl halides is 1. The molecule has 1 aromatic rings. The molecule has 0 fully saturated rings. The van der Waals surface area contributed by atoms with Gasteiger partial charge in [0.2, 0.25) is 0 Å². The van der Waals surface area contributed by atoms with E-state index in [2.05, 4.69) is 15.9 Å². The van der Waals surface area contributed by atoms with E-state index in [0.29, 0.717) is 0 Å². The maximum Gasteiger partial charge on any atom is 0.173 e. The molecule has 0 amide bonds. The summed E-state index contributed by atoms with van der Waals surface area (Å²) < 4.78 is 26.6. The molecule has 0 spiro atoms. The Labute approximate surface area is 75.2 Å². The van der Waals surface area contributed by atoms with Crippen molar-refractivity contribution in [1.29, 1.82) is 0 Å². The zero-order chi connectivity index (χ0) is 10.1. The molecule has 0 heterocycles. The van der Waals surface area contributed by atoms with E-state index in [1.54, 1.807) is 0 Å². The minimum absolute atomic E-state index is 0.142. The molecular formula is C8H6BrFO. The third-order valence-electron chi connectivity index (χ3n) is 1.19. The van der Waals surface area contributed by atoms with E-state index in [1.807, 2.05) is 0 Å². The zero-order valence-electron chi connectivity index (χ0n) is 7.47. The van der Waals surface area contributed by atoms with Crippen molar-refractivity contribution in [1.82, 2.24) is 0 Å². The minimum Gasteiger partial charge on any atom is -0.293 e. The lowest BCUT2D eigenvalue weighted by Crippen LogP contribution is -1.98. The predicted molar refractivity (Wildman–Crippen MR) is 44.5 cm³/mol. The van der Waals surface area contributed by atoms with Gasteiger partial charge in [-0.3, -0.25) is 4.79 Å². The van der Waals surface area contributed by atoms with Crippen LogP contribution < -0.4 is 0 Å². The highest BCUT2D eigenvalue weighted by atomic mass is 79.9. The Balaban J connectivity index is 2.97. The number of halogens is 2. The average Bonchev–Trinajstić information content (AvgIpc) is 2.03. The Morgan fingerprint density at radius 1 is 1.55 bits per heavy atom. The van der Waals surface area contributed by atoms with Gasteiger partial charge in [-0.05, 0) is 24.3 Å². The molecule has 0 bridgehead atoms. The van der Waals surface area contributed by atoms with Crippen LogP contribution in [0.15, 0.2) is 24.3 Å². The summed E-state index contributed by atoms with van der Waals surface area (Å²) in [6.45, 7) is 0. The van der Waals surface area contributed by atoms with E-state index in [9.17, 15) is 9.18 Å². The zero-order valence-corrected chi connectivity index (χ0v) is 7.06. The molecule has 58 valence electrons. The molecule has 1 rings (SSSR count). The Bertz CT molecular complexity index is 318. The van der Waals surface area contributed by atoms with Crippen molar-refractivity contribution in [2.45, 2.75) is 0 Å². The highest BCUT2D eigenvalue weighted by Gasteiger charge is 2.01. The summed E-state index contributed by atoms with van der Waals surface area (Å²) in [4.78, 5) is 11.2. The van der Waals surface area contributed by atoms with E-state index in [-0.39, 0.29) is 5.56 Å². The average molecular weight is 219 g/mol. The molecule has 1 aromatic carbocycles. The van der Waals surface area contributed by atoms with Crippen molar-refractivity contribution in [3.05, 3.63) is 35.6 Å². The molecule has 0 aromatic heterocycles. The Morgan fingerprint density at radius 2 is 2.09 bits per heavy atom. The van der Waals surface area contributed by atoms with Gasteiger partial charge in [-0.25, -0.2) is 4.39 Å². The number of ketones is 1. The molecule has 0 radical (unpaired) electrons. The molecule has 0 aliphatic carbocycles. The van der Waals surface area contributed by atoms with Crippen molar-refractivity contribution in [2.75, 3.05) is 5.28 Å². The second-order valence-electron chi connectivity index (χ2n) is 1.93. The molecule has 0 aliphatic rings. The first-order valence-electron chi connectivity index (χ1n) is 3.90. The van der Waals surface area contributed by atoms with E-state index in [0.717, 1.165) is 12.1 Å². The third-order valence-corrected chi connectivity index (χ3v) is 1.55. The number of hydrogen-bond acceptors (Lipinski definition) is 1. The maximum absolute atomic E-state index is 12.4. The standard InChI is InChI=1S/C8H6BrFO/c9-5-8(11)6-1-3-7(10)4-2-6/h1-4H,5H2/i5D2. The van der Waals surface area contributed by atoms with Gasteiger partial charge in [-0.1, -0.05) is 15.9 Å². The van der Waals surface area contributed by atoms with Gasteiger partial charge < -0.3 is 0 Å². The summed E-state index contributed by atoms with van der Waals surface area (Å²) >= 11 is 2.59. The van der Waals surface area contributed by atoms with E-state index in [4.69, 9.17) is 2.74 Å². The van der Waals surface area contributed by atoms with Crippen LogP contribution in [0.4, 0.5) is 4.39 Å². The van der Waals surface area contributed by atoms with Crippen molar-refractivity contribution >= 4 is 21.7 Å². The van der Waals surface area contributed by atoms with Crippen molar-refractivity contribution in [3.8, 4) is 0 Å². The molecule has 0 aliphatic heterocycles. The van der Waals surface area contributed by atoms with Gasteiger partial charge in [0.1, 0.15) is 5.82 Å². The number of Topliss-reactive ketones (excluding diaryl/α,β-unsaturated/α-hetero) is 1. The van der Waals surface area contributed by atoms with Crippen LogP contribution in [-0.2, 0) is 0 Å². The molecule has 0 atom stereocenters. The second kappa shape index (κ2) is 3.62. The molecule has 0 N–H and O–H groups in total. The van der Waals surface area contributed by atoms with Crippen LogP contribution in [0.2, 0.25) is 0 Å². The monoisotopic (exact) mass is 218 g/mol. The van der Waals surface area contributed by atoms with E-state index >= 15 is 0 Å². The quantitative estimate of drug-likeness (QED) is 0.551. The van der Waals surface area contributed by atoms with Crippen LogP contribution in [0.3, 0.4) is 0 Å². The lowest BCUT2D eigenvalue weighted by molar-refractivity contribution is 0.102. The van der Waals surface area contributed by atoms with Crippen LogP contribution >= 0.6 is 15.9 Å². The maximum atomic E-state index is 12.4. The van der Waals surface area contributed by atoms with E-state index in [1.165, 1.54) is 12.1 Å². The molecule has 0 saturated carbocycles. The molecule has 3 heteroatoms. The number of carbonyl (C=O) groups is 1. The van der Waals surface area contributed by atoms with Gasteiger partial charge in [0.25, 0.3) is 0 Å². The van der Waals surface area contributed by atoms with Gasteiger partial charge in [0.05, 0.1) is 5.28 Å². The molecule has 0 saturated heterocycles. The SMILES string of the molecule is [2H]C([2H])(Br)C(=O)c1ccc(F)cc1. The fourth-order valence-corrected chi connectivity index (χ4v) is 0.885. The van der Waals surface area contributed by atoms with Crippen LogP contribution in [0.1, 0.15) is 13.1 Å². The van der Waals surface area contributed by atoms with Gasteiger partial charge in [0, 0.05) is 8.30 Å². The Morgan fingerprint density at radius 3 is 2.55 bits per heavy atom. The number of rotatable bonds is 2. The predicted octanol–water partition coefficient (Wildman–Crippen LogP) is 2.40. The summed E-state index contributed by atoms with van der Waals surface area (Å²) in [5.41, 5.74) is 0.142. The van der Waals surface area contributed by atoms with Gasteiger partial charge in [0.15, 0.2) is 5.78 Å². The topological polar surface area (TPSA) is 17.1 Å². The fraction of sp³-hybridized carbons (Fsp3) is 0.125. The third kappa shape index (κ3) is 2.12. The second-order valence-corrected chi connectivity index (χ2v) is 2.33. The number of hydrogen-bond donors (Lipinski definition) is 0. The molecule has 0 unspecified atom stereocenters. The highest BCUT2D eigenvalue weighted by molar-refractivity contribution is 9.09. The summed E-state index contributed by atoms with van der Waals surface area (Å²) in [6, 6.07) is 4.73. The molecule has 1 nitrogen and oxygen atoms in total. The first-order valence-corrected chi connectivity index (χ1v) is 3.70. The normalized spacial score (nSPS) is 13.6. The lowest BCUT2D eigenvalue weighted by atomic mass is 10.1. The lowest BCUT2D eigenvalue weighted by Gasteiger charge is -1.94. The Kier molecular flexibility index (Phi) is 1.94. The highest BCUT2D eigenvalue weighted by Crippen LogP contribution is 2.04. The van der Waals surface area contributed by atoms with Crippen LogP contribution in [-0.4, -0.2) is 11.1 Å². The largest absolute Gasteiger partial charge is 0.293 e. The summed E-state index contributed by atoms with van der Waals surface area (Å²) in [5.74, 6) is -1.17.